The van der Waals surface area contributed by atoms with E-state index in [-0.39, 0.29) is 17.0 Å². The number of H-pyrrole nitrogens is 1. The van der Waals surface area contributed by atoms with E-state index in [2.05, 4.69) is 9.97 Å². The first-order valence-electron chi connectivity index (χ1n) is 10.4. The van der Waals surface area contributed by atoms with Crippen LogP contribution in [0.2, 0.25) is 0 Å². The van der Waals surface area contributed by atoms with E-state index in [1.807, 2.05) is 28.3 Å². The molecule has 0 aliphatic carbocycles. The maximum Gasteiger partial charge on any atom is 0.354 e. The molecule has 33 heavy (non-hydrogen) atoms. The summed E-state index contributed by atoms with van der Waals surface area (Å²) >= 11 is 1.41. The van der Waals surface area contributed by atoms with E-state index < -0.39 is 23.7 Å². The number of amides is 1. The van der Waals surface area contributed by atoms with Crippen molar-refractivity contribution in [2.24, 2.45) is 0 Å². The first-order valence-corrected chi connectivity index (χ1v) is 11.3. The van der Waals surface area contributed by atoms with Crippen LogP contribution in [-0.2, 0) is 20.9 Å². The van der Waals surface area contributed by atoms with Gasteiger partial charge in [-0.1, -0.05) is 6.07 Å². The Labute approximate surface area is 194 Å². The molecule has 3 aromatic heterocycles. The fourth-order valence-electron chi connectivity index (χ4n) is 4.24. The molecule has 9 nitrogen and oxygen atoms in total. The summed E-state index contributed by atoms with van der Waals surface area (Å²) in [5.41, 5.74) is 1.49. The number of nitrogens with one attached hydrogen (secondary N) is 1. The third-order valence-electron chi connectivity index (χ3n) is 5.79. The zero-order valence-corrected chi connectivity index (χ0v) is 19.3. The Morgan fingerprint density at radius 2 is 2.09 bits per heavy atom. The second-order valence-electron chi connectivity index (χ2n) is 7.78. The summed E-state index contributed by atoms with van der Waals surface area (Å²) in [5.74, 6) is -2.28. The zero-order valence-electron chi connectivity index (χ0n) is 18.5. The van der Waals surface area contributed by atoms with Gasteiger partial charge in [-0.15, -0.1) is 11.3 Å². The highest BCUT2D eigenvalue weighted by atomic mass is 32.1. The summed E-state index contributed by atoms with van der Waals surface area (Å²) in [6.45, 7) is 4.32. The van der Waals surface area contributed by atoms with Gasteiger partial charge in [-0.2, -0.15) is 0 Å². The average molecular weight is 469 g/mol. The van der Waals surface area contributed by atoms with Gasteiger partial charge < -0.3 is 24.3 Å². The van der Waals surface area contributed by atoms with Gasteiger partial charge in [0.25, 0.3) is 11.7 Å². The van der Waals surface area contributed by atoms with Crippen LogP contribution in [0.3, 0.4) is 0 Å². The van der Waals surface area contributed by atoms with Crippen LogP contribution in [0, 0.1) is 13.8 Å². The van der Waals surface area contributed by atoms with E-state index in [4.69, 9.17) is 4.74 Å². The molecular formula is C23H24N4O5S. The molecule has 0 aromatic carbocycles. The van der Waals surface area contributed by atoms with Crippen LogP contribution >= 0.6 is 11.3 Å². The molecule has 4 rings (SSSR count). The molecule has 4 heterocycles. The lowest BCUT2D eigenvalue weighted by molar-refractivity contribution is -0.139. The molecule has 1 saturated heterocycles. The van der Waals surface area contributed by atoms with Gasteiger partial charge >= 0.3 is 5.97 Å². The molecule has 1 aliphatic rings. The second kappa shape index (κ2) is 9.07. The lowest BCUT2D eigenvalue weighted by Gasteiger charge is -2.24. The van der Waals surface area contributed by atoms with Crippen LogP contribution in [0.1, 0.15) is 44.6 Å². The molecule has 10 heteroatoms. The van der Waals surface area contributed by atoms with E-state index in [0.717, 1.165) is 4.88 Å². The highest BCUT2D eigenvalue weighted by Crippen LogP contribution is 2.42. The van der Waals surface area contributed by atoms with E-state index in [1.54, 1.807) is 26.4 Å². The number of esters is 1. The number of likely N-dealkylation sites (tertiary alicyclic amines) is 1. The van der Waals surface area contributed by atoms with Crippen molar-refractivity contribution < 1.29 is 24.2 Å². The van der Waals surface area contributed by atoms with Crippen molar-refractivity contribution in [3.05, 3.63) is 69.2 Å². The number of hydrogen-bond acceptors (Lipinski definition) is 7. The summed E-state index contributed by atoms with van der Waals surface area (Å²) in [5, 5.41) is 13.2. The summed E-state index contributed by atoms with van der Waals surface area (Å²) in [4.78, 5) is 47.5. The predicted octanol–water partition coefficient (Wildman–Crippen LogP) is 3.19. The van der Waals surface area contributed by atoms with E-state index in [1.165, 1.54) is 23.3 Å². The highest BCUT2D eigenvalue weighted by Gasteiger charge is 2.46. The molecule has 2 N–H and O–H groups in total. The van der Waals surface area contributed by atoms with E-state index in [9.17, 15) is 19.5 Å². The summed E-state index contributed by atoms with van der Waals surface area (Å²) < 4.78 is 6.70. The molecule has 1 fully saturated rings. The van der Waals surface area contributed by atoms with E-state index in [0.29, 0.717) is 36.3 Å². The number of Topliss-reactive ketones (excluding diaryl/α,β-unsaturated/α-hetero) is 1. The van der Waals surface area contributed by atoms with Crippen molar-refractivity contribution in [2.75, 3.05) is 13.7 Å². The summed E-state index contributed by atoms with van der Waals surface area (Å²) in [6, 6.07) is 2.98. The zero-order chi connectivity index (χ0) is 23.7. The molecule has 1 amide bonds. The number of carbonyl (C=O) groups is 3. The lowest BCUT2D eigenvalue weighted by Crippen LogP contribution is -2.31. The Bertz CT molecular complexity index is 1220. The van der Waals surface area contributed by atoms with Crippen molar-refractivity contribution in [2.45, 2.75) is 32.9 Å². The Morgan fingerprint density at radius 3 is 2.73 bits per heavy atom. The predicted molar refractivity (Wildman–Crippen MR) is 122 cm³/mol. The number of ether oxygens (including phenoxy) is 1. The fourth-order valence-corrected chi connectivity index (χ4v) is 5.09. The van der Waals surface area contributed by atoms with Crippen LogP contribution in [0.4, 0.5) is 0 Å². The number of nitrogens with zero attached hydrogens (tertiary/aromatic N) is 3. The number of aryl methyl sites for hydroxylation is 2. The number of carbonyl (C=O) groups excluding carboxylic acids is 3. The first-order chi connectivity index (χ1) is 15.8. The van der Waals surface area contributed by atoms with E-state index >= 15 is 0 Å². The van der Waals surface area contributed by atoms with Gasteiger partial charge in [-0.3, -0.25) is 9.59 Å². The molecule has 1 unspecified atom stereocenters. The number of ketones is 1. The molecule has 0 bridgehead atoms. The minimum atomic E-state index is -0.742. The molecule has 172 valence electrons. The molecular weight excluding hydrogens is 444 g/mol. The van der Waals surface area contributed by atoms with Crippen LogP contribution in [0.5, 0.6) is 0 Å². The van der Waals surface area contributed by atoms with Gasteiger partial charge in [0, 0.05) is 41.6 Å². The van der Waals surface area contributed by atoms with Crippen molar-refractivity contribution in [1.29, 1.82) is 0 Å². The van der Waals surface area contributed by atoms with Gasteiger partial charge in [0.2, 0.25) is 0 Å². The minimum absolute atomic E-state index is 0.0201. The van der Waals surface area contributed by atoms with Crippen LogP contribution in [-0.4, -0.2) is 55.9 Å². The third kappa shape index (κ3) is 3.97. The molecule has 0 spiro atoms. The van der Waals surface area contributed by atoms with Crippen molar-refractivity contribution >= 4 is 34.8 Å². The number of methoxy groups -OCH3 is 1. The monoisotopic (exact) mass is 468 g/mol. The molecule has 0 saturated carbocycles. The van der Waals surface area contributed by atoms with Gasteiger partial charge in [0.1, 0.15) is 11.5 Å². The van der Waals surface area contributed by atoms with Crippen LogP contribution < -0.4 is 0 Å². The number of aromatic amines is 1. The molecule has 1 aliphatic heterocycles. The number of hydrogen-bond donors (Lipinski definition) is 2. The third-order valence-corrected chi connectivity index (χ3v) is 6.72. The van der Waals surface area contributed by atoms with Gasteiger partial charge in [-0.05, 0) is 37.3 Å². The highest BCUT2D eigenvalue weighted by molar-refractivity contribution is 7.10. The SMILES string of the molecule is COC(=O)c1[nH]c(C)c(/C(O)=C2/C(=O)C(=O)N(CCCn3ccnc3)C2c2cccs2)c1C. The molecule has 0 radical (unpaired) electrons. The van der Waals surface area contributed by atoms with Gasteiger partial charge in [0.15, 0.2) is 0 Å². The van der Waals surface area contributed by atoms with Crippen molar-refractivity contribution in [3.63, 3.8) is 0 Å². The number of rotatable bonds is 7. The maximum atomic E-state index is 13.1. The normalized spacial score (nSPS) is 17.7. The van der Waals surface area contributed by atoms with Crippen molar-refractivity contribution in [3.8, 4) is 0 Å². The van der Waals surface area contributed by atoms with Gasteiger partial charge in [0.05, 0.1) is 25.1 Å². The number of aliphatic hydroxyl groups is 1. The van der Waals surface area contributed by atoms with Gasteiger partial charge in [-0.25, -0.2) is 9.78 Å². The summed E-state index contributed by atoms with van der Waals surface area (Å²) in [7, 11) is 1.27. The summed E-state index contributed by atoms with van der Waals surface area (Å²) in [6.07, 6.45) is 5.82. The number of imidazole rings is 1. The molecule has 3 aromatic rings. The first kappa shape index (κ1) is 22.5. The topological polar surface area (TPSA) is 118 Å². The quantitative estimate of drug-likeness (QED) is 0.238. The number of thiophene rings is 1. The minimum Gasteiger partial charge on any atom is -0.507 e. The average Bonchev–Trinajstić information content (AvgIpc) is 3.58. The Balaban J connectivity index is 1.75. The Morgan fingerprint density at radius 1 is 1.30 bits per heavy atom. The second-order valence-corrected chi connectivity index (χ2v) is 8.76. The number of aromatic nitrogens is 3. The fraction of sp³-hybridized carbons (Fsp3) is 0.304. The van der Waals surface area contributed by atoms with Crippen molar-refractivity contribution in [1.82, 2.24) is 19.4 Å². The standard InChI is InChI=1S/C23H24N4O5S/c1-13-16(14(2)25-18(13)23(31)32-3)20(28)17-19(15-6-4-11-33-15)27(22(30)21(17)29)9-5-8-26-10-7-24-12-26/h4,6-7,10-12,19,25,28H,5,8-9H2,1-3H3/b20-17-. The molecule has 1 atom stereocenters. The Hall–Kier alpha value is -3.66. The smallest absolute Gasteiger partial charge is 0.354 e. The lowest BCUT2D eigenvalue weighted by atomic mass is 9.97. The maximum absolute atomic E-state index is 13.1. The van der Waals surface area contributed by atoms with Crippen LogP contribution in [0.25, 0.3) is 5.76 Å². The van der Waals surface area contributed by atoms with Crippen LogP contribution in [0.15, 0.2) is 41.8 Å². The number of aliphatic hydroxyl groups excluding tert-OH is 1. The largest absolute Gasteiger partial charge is 0.507 e. The Kier molecular flexibility index (Phi) is 6.19.